The maximum atomic E-state index is 12.2. The number of carboxylic acids is 1. The molecule has 0 aliphatic carbocycles. The van der Waals surface area contributed by atoms with E-state index in [1.165, 1.54) is 4.90 Å². The van der Waals surface area contributed by atoms with Gasteiger partial charge in [0.05, 0.1) is 0 Å². The smallest absolute Gasteiger partial charge is 0.326 e. The van der Waals surface area contributed by atoms with Gasteiger partial charge in [-0.15, -0.1) is 0 Å². The summed E-state index contributed by atoms with van der Waals surface area (Å²) in [5, 5.41) is 9.12. The molecule has 1 fully saturated rings. The molecule has 0 unspecified atom stereocenters. The largest absolute Gasteiger partial charge is 0.480 e. The van der Waals surface area contributed by atoms with Gasteiger partial charge in [-0.2, -0.15) is 0 Å². The summed E-state index contributed by atoms with van der Waals surface area (Å²) in [7, 11) is 1.78. The molecule has 1 aliphatic heterocycles. The van der Waals surface area contributed by atoms with Gasteiger partial charge in [0.15, 0.2) is 0 Å². The number of carboxylic acid groups (broad SMARTS) is 1. The normalized spacial score (nSPS) is 20.3. The zero-order chi connectivity index (χ0) is 12.4. The quantitative estimate of drug-likeness (QED) is 0.836. The zero-order valence-electron chi connectivity index (χ0n) is 9.80. The Balaban J connectivity index is 2.23. The Morgan fingerprint density at radius 1 is 1.41 bits per heavy atom. The van der Waals surface area contributed by atoms with Crippen molar-refractivity contribution in [2.75, 3.05) is 6.54 Å². The van der Waals surface area contributed by atoms with Crippen molar-refractivity contribution in [2.24, 2.45) is 7.05 Å². The summed E-state index contributed by atoms with van der Waals surface area (Å²) >= 11 is 0. The van der Waals surface area contributed by atoms with Crippen LogP contribution in [-0.2, 0) is 11.8 Å². The zero-order valence-corrected chi connectivity index (χ0v) is 9.80. The molecule has 1 saturated heterocycles. The minimum Gasteiger partial charge on any atom is -0.480 e. The molecule has 1 N–H and O–H groups in total. The van der Waals surface area contributed by atoms with Crippen molar-refractivity contribution in [2.45, 2.75) is 25.3 Å². The third-order valence-electron chi connectivity index (χ3n) is 3.21. The summed E-state index contributed by atoms with van der Waals surface area (Å²) < 4.78 is 1.72. The minimum absolute atomic E-state index is 0.190. The van der Waals surface area contributed by atoms with E-state index in [0.29, 0.717) is 18.7 Å². The maximum absolute atomic E-state index is 12.2. The molecular formula is C12H16N2O3. The van der Waals surface area contributed by atoms with E-state index in [-0.39, 0.29) is 5.91 Å². The lowest BCUT2D eigenvalue weighted by molar-refractivity contribution is -0.143. The van der Waals surface area contributed by atoms with Gasteiger partial charge >= 0.3 is 5.97 Å². The first-order chi connectivity index (χ1) is 8.11. The number of nitrogens with zero attached hydrogens (tertiary/aromatic N) is 2. The number of aliphatic carboxylic acids is 1. The van der Waals surface area contributed by atoms with Crippen LogP contribution in [0.1, 0.15) is 29.8 Å². The molecule has 0 bridgehead atoms. The Morgan fingerprint density at radius 2 is 2.18 bits per heavy atom. The summed E-state index contributed by atoms with van der Waals surface area (Å²) in [5.74, 6) is -1.10. The average molecular weight is 236 g/mol. The fourth-order valence-corrected chi connectivity index (χ4v) is 2.26. The number of hydrogen-bond acceptors (Lipinski definition) is 2. The van der Waals surface area contributed by atoms with Crippen LogP contribution in [0.4, 0.5) is 0 Å². The maximum Gasteiger partial charge on any atom is 0.326 e. The van der Waals surface area contributed by atoms with E-state index in [0.717, 1.165) is 12.8 Å². The fourth-order valence-electron chi connectivity index (χ4n) is 2.26. The van der Waals surface area contributed by atoms with E-state index in [9.17, 15) is 9.59 Å². The molecular weight excluding hydrogens is 220 g/mol. The number of carbonyl (C=O) groups excluding carboxylic acids is 1. The van der Waals surface area contributed by atoms with E-state index in [2.05, 4.69) is 0 Å². The number of piperidine rings is 1. The average Bonchev–Trinajstić information content (AvgIpc) is 2.74. The molecule has 1 aliphatic rings. The van der Waals surface area contributed by atoms with Crippen LogP contribution in [0.2, 0.25) is 0 Å². The van der Waals surface area contributed by atoms with Crippen molar-refractivity contribution in [1.82, 2.24) is 9.47 Å². The van der Waals surface area contributed by atoms with Gasteiger partial charge in [0.2, 0.25) is 0 Å². The Bertz CT molecular complexity index is 439. The number of aryl methyl sites for hydroxylation is 1. The Hall–Kier alpha value is -1.78. The van der Waals surface area contributed by atoms with Crippen LogP contribution in [0.25, 0.3) is 0 Å². The molecule has 17 heavy (non-hydrogen) atoms. The minimum atomic E-state index is -0.910. The van der Waals surface area contributed by atoms with Crippen LogP contribution >= 0.6 is 0 Å². The topological polar surface area (TPSA) is 62.5 Å². The second-order valence-corrected chi connectivity index (χ2v) is 4.35. The van der Waals surface area contributed by atoms with Crippen LogP contribution in [0.3, 0.4) is 0 Å². The number of hydrogen-bond donors (Lipinski definition) is 1. The van der Waals surface area contributed by atoms with Gasteiger partial charge in [-0.05, 0) is 31.4 Å². The molecule has 0 spiro atoms. The SMILES string of the molecule is Cn1cccc1C(=O)N1CCCC[C@H]1C(=O)O. The second kappa shape index (κ2) is 4.61. The molecule has 0 saturated carbocycles. The van der Waals surface area contributed by atoms with Gasteiger partial charge in [0.1, 0.15) is 11.7 Å². The van der Waals surface area contributed by atoms with Crippen LogP contribution < -0.4 is 0 Å². The number of amides is 1. The van der Waals surface area contributed by atoms with Gasteiger partial charge in [0.25, 0.3) is 5.91 Å². The predicted molar refractivity (Wildman–Crippen MR) is 61.7 cm³/mol. The summed E-state index contributed by atoms with van der Waals surface area (Å²) in [6.45, 7) is 0.529. The van der Waals surface area contributed by atoms with Crippen LogP contribution in [0.5, 0.6) is 0 Å². The highest BCUT2D eigenvalue weighted by atomic mass is 16.4. The van der Waals surface area contributed by atoms with Gasteiger partial charge in [-0.3, -0.25) is 4.79 Å². The molecule has 1 aromatic rings. The highest BCUT2D eigenvalue weighted by Crippen LogP contribution is 2.19. The van der Waals surface area contributed by atoms with Crippen molar-refractivity contribution in [3.63, 3.8) is 0 Å². The van der Waals surface area contributed by atoms with Crippen molar-refractivity contribution in [3.05, 3.63) is 24.0 Å². The standard InChI is InChI=1S/C12H16N2O3/c1-13-7-4-6-9(13)11(15)14-8-3-2-5-10(14)12(16)17/h4,6-7,10H,2-3,5,8H2,1H3,(H,16,17)/t10-/m0/s1. The molecule has 5 nitrogen and oxygen atoms in total. The lowest BCUT2D eigenvalue weighted by Crippen LogP contribution is -2.48. The molecule has 1 atom stereocenters. The van der Waals surface area contributed by atoms with E-state index < -0.39 is 12.0 Å². The van der Waals surface area contributed by atoms with E-state index in [1.807, 2.05) is 0 Å². The van der Waals surface area contributed by atoms with Gasteiger partial charge in [-0.1, -0.05) is 0 Å². The van der Waals surface area contributed by atoms with Crippen molar-refractivity contribution in [3.8, 4) is 0 Å². The number of aromatic nitrogens is 1. The molecule has 0 aromatic carbocycles. The van der Waals surface area contributed by atoms with Crippen molar-refractivity contribution < 1.29 is 14.7 Å². The monoisotopic (exact) mass is 236 g/mol. The lowest BCUT2D eigenvalue weighted by atomic mass is 10.0. The van der Waals surface area contributed by atoms with Crippen LogP contribution in [0.15, 0.2) is 18.3 Å². The Kier molecular flexibility index (Phi) is 3.17. The van der Waals surface area contributed by atoms with Gasteiger partial charge < -0.3 is 14.6 Å². The van der Waals surface area contributed by atoms with Gasteiger partial charge in [-0.25, -0.2) is 4.79 Å². The Morgan fingerprint density at radius 3 is 2.76 bits per heavy atom. The highest BCUT2D eigenvalue weighted by molar-refractivity contribution is 5.95. The molecule has 0 radical (unpaired) electrons. The molecule has 2 rings (SSSR count). The summed E-state index contributed by atoms with van der Waals surface area (Å²) in [6, 6.07) is 2.83. The van der Waals surface area contributed by atoms with Crippen LogP contribution in [0, 0.1) is 0 Å². The molecule has 1 amide bonds. The first-order valence-corrected chi connectivity index (χ1v) is 5.76. The first kappa shape index (κ1) is 11.7. The highest BCUT2D eigenvalue weighted by Gasteiger charge is 2.33. The van der Waals surface area contributed by atoms with Crippen LogP contribution in [-0.4, -0.2) is 39.0 Å². The van der Waals surface area contributed by atoms with E-state index in [1.54, 1.807) is 29.9 Å². The molecule has 92 valence electrons. The third-order valence-corrected chi connectivity index (χ3v) is 3.21. The molecule has 2 heterocycles. The number of carbonyl (C=O) groups is 2. The van der Waals surface area contributed by atoms with E-state index >= 15 is 0 Å². The van der Waals surface area contributed by atoms with E-state index in [4.69, 9.17) is 5.11 Å². The molecule has 1 aromatic heterocycles. The van der Waals surface area contributed by atoms with Gasteiger partial charge in [0, 0.05) is 19.8 Å². The lowest BCUT2D eigenvalue weighted by Gasteiger charge is -2.32. The second-order valence-electron chi connectivity index (χ2n) is 4.35. The summed E-state index contributed by atoms with van der Waals surface area (Å²) in [6.07, 6.45) is 4.08. The van der Waals surface area contributed by atoms with Crippen molar-refractivity contribution >= 4 is 11.9 Å². The Labute approximate surface area is 99.6 Å². The predicted octanol–water partition coefficient (Wildman–Crippen LogP) is 1.10. The fraction of sp³-hybridized carbons (Fsp3) is 0.500. The molecule has 5 heteroatoms. The first-order valence-electron chi connectivity index (χ1n) is 5.76. The number of likely N-dealkylation sites (tertiary alicyclic amines) is 1. The van der Waals surface area contributed by atoms with Crippen molar-refractivity contribution in [1.29, 1.82) is 0 Å². The number of rotatable bonds is 2. The summed E-state index contributed by atoms with van der Waals surface area (Å²) in [4.78, 5) is 24.8. The summed E-state index contributed by atoms with van der Waals surface area (Å²) in [5.41, 5.74) is 0.540. The third kappa shape index (κ3) is 2.18.